The molecule has 5 heteroatoms. The molecule has 0 radical (unpaired) electrons. The van der Waals surface area contributed by atoms with E-state index in [2.05, 4.69) is 10.1 Å². The van der Waals surface area contributed by atoms with Crippen LogP contribution < -0.4 is 5.32 Å². The summed E-state index contributed by atoms with van der Waals surface area (Å²) in [7, 11) is 1.39. The van der Waals surface area contributed by atoms with Gasteiger partial charge in [0.25, 0.3) is 0 Å². The van der Waals surface area contributed by atoms with Crippen molar-refractivity contribution < 1.29 is 14.3 Å². The molecule has 0 bridgehead atoms. The predicted molar refractivity (Wildman–Crippen MR) is 103 cm³/mol. The van der Waals surface area contributed by atoms with Gasteiger partial charge in [-0.1, -0.05) is 49.4 Å². The Hall–Kier alpha value is -2.27. The van der Waals surface area contributed by atoms with Crippen LogP contribution in [0, 0.1) is 0 Å². The Kier molecular flexibility index (Phi) is 7.54. The van der Waals surface area contributed by atoms with Crippen LogP contribution in [0.4, 0.5) is 5.69 Å². The number of nitrogens with one attached hydrogen (secondary N) is 1. The van der Waals surface area contributed by atoms with Gasteiger partial charge in [-0.3, -0.25) is 9.59 Å². The van der Waals surface area contributed by atoms with E-state index in [0.717, 1.165) is 29.0 Å². The Labute approximate surface area is 153 Å². The van der Waals surface area contributed by atoms with Crippen LogP contribution in [0.1, 0.15) is 30.4 Å². The van der Waals surface area contributed by atoms with Gasteiger partial charge in [0.15, 0.2) is 0 Å². The van der Waals surface area contributed by atoms with Crippen LogP contribution in [0.3, 0.4) is 0 Å². The molecule has 2 rings (SSSR count). The van der Waals surface area contributed by atoms with Crippen molar-refractivity contribution in [2.24, 2.45) is 0 Å². The number of hydrogen-bond acceptors (Lipinski definition) is 4. The molecule has 0 saturated carbocycles. The zero-order valence-electron chi connectivity index (χ0n) is 14.5. The summed E-state index contributed by atoms with van der Waals surface area (Å²) in [4.78, 5) is 23.6. The van der Waals surface area contributed by atoms with Crippen LogP contribution in [0.15, 0.2) is 54.6 Å². The zero-order chi connectivity index (χ0) is 18.1. The van der Waals surface area contributed by atoms with Gasteiger partial charge in [-0.25, -0.2) is 0 Å². The second kappa shape index (κ2) is 9.89. The second-order valence-corrected chi connectivity index (χ2v) is 6.61. The summed E-state index contributed by atoms with van der Waals surface area (Å²) < 4.78 is 4.61. The molecule has 1 N–H and O–H groups in total. The SMILES string of the molecule is CCC(C(=O)Nc1ccc(CSCC(=O)OC)cc1)c1ccccc1. The molecular formula is C20H23NO3S. The summed E-state index contributed by atoms with van der Waals surface area (Å²) in [6.07, 6.45) is 0.748. The highest BCUT2D eigenvalue weighted by Gasteiger charge is 2.18. The number of amides is 1. The van der Waals surface area contributed by atoms with Gasteiger partial charge in [-0.2, -0.15) is 0 Å². The number of carbonyl (C=O) groups is 2. The molecule has 2 aromatic rings. The Morgan fingerprint density at radius 2 is 1.76 bits per heavy atom. The van der Waals surface area contributed by atoms with Crippen LogP contribution in [0.2, 0.25) is 0 Å². The van der Waals surface area contributed by atoms with Gasteiger partial charge in [0.2, 0.25) is 5.91 Å². The number of benzene rings is 2. The first kappa shape index (κ1) is 19.1. The summed E-state index contributed by atoms with van der Waals surface area (Å²) >= 11 is 1.50. The fraction of sp³-hybridized carbons (Fsp3) is 0.300. The Balaban J connectivity index is 1.91. The molecule has 1 amide bonds. The van der Waals surface area contributed by atoms with Gasteiger partial charge < -0.3 is 10.1 Å². The second-order valence-electron chi connectivity index (χ2n) is 5.63. The Morgan fingerprint density at radius 3 is 2.36 bits per heavy atom. The molecule has 2 aromatic carbocycles. The van der Waals surface area contributed by atoms with E-state index in [-0.39, 0.29) is 17.8 Å². The zero-order valence-corrected chi connectivity index (χ0v) is 15.3. The minimum Gasteiger partial charge on any atom is -0.468 e. The molecule has 0 heterocycles. The van der Waals surface area contributed by atoms with Crippen molar-refractivity contribution in [3.63, 3.8) is 0 Å². The highest BCUT2D eigenvalue weighted by Crippen LogP contribution is 2.22. The smallest absolute Gasteiger partial charge is 0.315 e. The molecule has 0 aliphatic rings. The minimum absolute atomic E-state index is 0.00140. The van der Waals surface area contributed by atoms with E-state index in [4.69, 9.17) is 0 Å². The monoisotopic (exact) mass is 357 g/mol. The fourth-order valence-corrected chi connectivity index (χ4v) is 3.30. The van der Waals surface area contributed by atoms with E-state index in [0.29, 0.717) is 5.75 Å². The summed E-state index contributed by atoms with van der Waals surface area (Å²) in [5.41, 5.74) is 2.90. The van der Waals surface area contributed by atoms with E-state index in [1.54, 1.807) is 0 Å². The lowest BCUT2D eigenvalue weighted by Crippen LogP contribution is -2.20. The van der Waals surface area contributed by atoms with Gasteiger partial charge in [0.1, 0.15) is 0 Å². The van der Waals surface area contributed by atoms with E-state index in [1.165, 1.54) is 18.9 Å². The van der Waals surface area contributed by atoms with Crippen molar-refractivity contribution in [2.75, 3.05) is 18.2 Å². The largest absolute Gasteiger partial charge is 0.468 e. The maximum absolute atomic E-state index is 12.5. The lowest BCUT2D eigenvalue weighted by molar-refractivity contribution is -0.137. The van der Waals surface area contributed by atoms with E-state index < -0.39 is 0 Å². The highest BCUT2D eigenvalue weighted by atomic mass is 32.2. The number of methoxy groups -OCH3 is 1. The van der Waals surface area contributed by atoms with Crippen LogP contribution in [-0.4, -0.2) is 24.7 Å². The maximum atomic E-state index is 12.5. The molecule has 0 aliphatic heterocycles. The summed E-state index contributed by atoms with van der Waals surface area (Å²) in [5, 5.41) is 2.98. The lowest BCUT2D eigenvalue weighted by Gasteiger charge is -2.15. The first-order valence-electron chi connectivity index (χ1n) is 8.23. The lowest BCUT2D eigenvalue weighted by atomic mass is 9.95. The number of hydrogen-bond donors (Lipinski definition) is 1. The molecule has 1 unspecified atom stereocenters. The minimum atomic E-state index is -0.222. The Bertz CT molecular complexity index is 686. The number of carbonyl (C=O) groups excluding carboxylic acids is 2. The topological polar surface area (TPSA) is 55.4 Å². The van der Waals surface area contributed by atoms with Gasteiger partial charge in [-0.05, 0) is 29.7 Å². The van der Waals surface area contributed by atoms with Crippen molar-refractivity contribution in [1.82, 2.24) is 0 Å². The van der Waals surface area contributed by atoms with Crippen LogP contribution >= 0.6 is 11.8 Å². The van der Waals surface area contributed by atoms with Crippen molar-refractivity contribution in [3.05, 3.63) is 65.7 Å². The van der Waals surface area contributed by atoms with E-state index in [9.17, 15) is 9.59 Å². The average molecular weight is 357 g/mol. The fourth-order valence-electron chi connectivity index (χ4n) is 2.48. The number of esters is 1. The van der Waals surface area contributed by atoms with Crippen molar-refractivity contribution in [1.29, 1.82) is 0 Å². The maximum Gasteiger partial charge on any atom is 0.315 e. The Morgan fingerprint density at radius 1 is 1.08 bits per heavy atom. The molecule has 132 valence electrons. The van der Waals surface area contributed by atoms with Gasteiger partial charge in [0.05, 0.1) is 18.8 Å². The summed E-state index contributed by atoms with van der Waals surface area (Å²) in [6.45, 7) is 2.01. The number of anilines is 1. The van der Waals surface area contributed by atoms with Gasteiger partial charge >= 0.3 is 5.97 Å². The summed E-state index contributed by atoms with van der Waals surface area (Å²) in [6, 6.07) is 17.5. The number of thioether (sulfide) groups is 1. The van der Waals surface area contributed by atoms with E-state index in [1.807, 2.05) is 61.5 Å². The first-order chi connectivity index (χ1) is 12.1. The molecular weight excluding hydrogens is 334 g/mol. The van der Waals surface area contributed by atoms with Crippen molar-refractivity contribution >= 4 is 29.3 Å². The third-order valence-electron chi connectivity index (χ3n) is 3.86. The highest BCUT2D eigenvalue weighted by molar-refractivity contribution is 7.99. The molecule has 0 fully saturated rings. The van der Waals surface area contributed by atoms with E-state index >= 15 is 0 Å². The van der Waals surface area contributed by atoms with Crippen LogP contribution in [0.5, 0.6) is 0 Å². The number of ether oxygens (including phenoxy) is 1. The molecule has 0 aromatic heterocycles. The third-order valence-corrected chi connectivity index (χ3v) is 4.84. The first-order valence-corrected chi connectivity index (χ1v) is 9.38. The van der Waals surface area contributed by atoms with Crippen molar-refractivity contribution in [3.8, 4) is 0 Å². The van der Waals surface area contributed by atoms with Crippen LogP contribution in [0.25, 0.3) is 0 Å². The van der Waals surface area contributed by atoms with Gasteiger partial charge in [0, 0.05) is 11.4 Å². The number of rotatable bonds is 8. The predicted octanol–water partition coefficient (Wildman–Crippen LogP) is 4.23. The third kappa shape index (κ3) is 5.94. The van der Waals surface area contributed by atoms with Crippen LogP contribution in [-0.2, 0) is 20.1 Å². The quantitative estimate of drug-likeness (QED) is 0.719. The standard InChI is InChI=1S/C20H23NO3S/c1-3-18(16-7-5-4-6-8-16)20(23)21-17-11-9-15(10-12-17)13-25-14-19(22)24-2/h4-12,18H,3,13-14H2,1-2H3,(H,21,23). The molecule has 4 nitrogen and oxygen atoms in total. The molecule has 0 spiro atoms. The van der Waals surface area contributed by atoms with Gasteiger partial charge in [-0.15, -0.1) is 11.8 Å². The average Bonchev–Trinajstić information content (AvgIpc) is 2.64. The normalized spacial score (nSPS) is 11.6. The van der Waals surface area contributed by atoms with Crippen molar-refractivity contribution in [2.45, 2.75) is 25.0 Å². The molecule has 0 saturated heterocycles. The molecule has 0 aliphatic carbocycles. The molecule has 1 atom stereocenters. The summed E-state index contributed by atoms with van der Waals surface area (Å²) in [5.74, 6) is 0.688. The molecule has 25 heavy (non-hydrogen) atoms.